The molecule has 0 aromatic rings. The highest BCUT2D eigenvalue weighted by atomic mass is 15.2. The van der Waals surface area contributed by atoms with Gasteiger partial charge in [0, 0.05) is 19.1 Å². The highest BCUT2D eigenvalue weighted by molar-refractivity contribution is 5.81. The summed E-state index contributed by atoms with van der Waals surface area (Å²) in [4.78, 5) is 4.21. The minimum absolute atomic E-state index is 0.361. The Kier molecular flexibility index (Phi) is 3.16. The van der Waals surface area contributed by atoms with Crippen LogP contribution in [0.2, 0.25) is 0 Å². The largest absolute Gasteiger partial charge is 0.355 e. The van der Waals surface area contributed by atoms with Gasteiger partial charge in [-0.3, -0.25) is 4.99 Å². The Morgan fingerprint density at radius 1 is 1.82 bits per heavy atom. The van der Waals surface area contributed by atoms with Gasteiger partial charge in [-0.05, 0) is 6.42 Å². The van der Waals surface area contributed by atoms with Crippen LogP contribution in [0.15, 0.2) is 4.99 Å². The maximum Gasteiger partial charge on any atom is 0.191 e. The Balaban J connectivity index is 2.27. The summed E-state index contributed by atoms with van der Waals surface area (Å²) in [7, 11) is 0. The molecule has 0 aliphatic carbocycles. The van der Waals surface area contributed by atoms with Crippen LogP contribution < -0.4 is 16.4 Å². The number of nitrogens with zero attached hydrogens (tertiary/aromatic N) is 1. The Morgan fingerprint density at radius 3 is 3.09 bits per heavy atom. The Hall–Kier alpha value is -0.770. The lowest BCUT2D eigenvalue weighted by atomic mass is 10.2. The molecular weight excluding hydrogens is 140 g/mol. The SMILES string of the molecule is CCC(CN)NC1=NCCN1. The van der Waals surface area contributed by atoms with E-state index in [0.717, 1.165) is 25.5 Å². The quantitative estimate of drug-likeness (QED) is 0.505. The summed E-state index contributed by atoms with van der Waals surface area (Å²) in [5.74, 6) is 0.905. The van der Waals surface area contributed by atoms with Gasteiger partial charge in [-0.2, -0.15) is 0 Å². The molecule has 1 atom stereocenters. The van der Waals surface area contributed by atoms with E-state index < -0.39 is 0 Å². The van der Waals surface area contributed by atoms with Gasteiger partial charge in [0.1, 0.15) is 0 Å². The second-order valence-electron chi connectivity index (χ2n) is 2.64. The van der Waals surface area contributed by atoms with Crippen LogP contribution in [0.1, 0.15) is 13.3 Å². The lowest BCUT2D eigenvalue weighted by Crippen LogP contribution is -2.44. The van der Waals surface area contributed by atoms with E-state index in [9.17, 15) is 0 Å². The number of aliphatic imine (C=N–C) groups is 1. The summed E-state index contributed by atoms with van der Waals surface area (Å²) in [6.45, 7) is 4.60. The van der Waals surface area contributed by atoms with E-state index in [1.54, 1.807) is 0 Å². The minimum Gasteiger partial charge on any atom is -0.355 e. The van der Waals surface area contributed by atoms with Gasteiger partial charge in [-0.25, -0.2) is 0 Å². The predicted molar refractivity (Wildman–Crippen MR) is 46.6 cm³/mol. The Bertz CT molecular complexity index is 139. The zero-order valence-electron chi connectivity index (χ0n) is 6.93. The Labute approximate surface area is 67.3 Å². The number of rotatable bonds is 3. The second kappa shape index (κ2) is 4.18. The molecule has 0 bridgehead atoms. The van der Waals surface area contributed by atoms with E-state index in [1.807, 2.05) is 0 Å². The summed E-state index contributed by atoms with van der Waals surface area (Å²) >= 11 is 0. The summed E-state index contributed by atoms with van der Waals surface area (Å²) in [6.07, 6.45) is 1.04. The van der Waals surface area contributed by atoms with Crippen LogP contribution in [-0.4, -0.2) is 31.6 Å². The molecule has 0 aromatic heterocycles. The van der Waals surface area contributed by atoms with Crippen LogP contribution >= 0.6 is 0 Å². The molecule has 1 aliphatic rings. The van der Waals surface area contributed by atoms with Gasteiger partial charge in [0.15, 0.2) is 5.96 Å². The zero-order valence-corrected chi connectivity index (χ0v) is 6.93. The molecule has 0 aromatic carbocycles. The summed E-state index contributed by atoms with van der Waals surface area (Å²) in [6, 6.07) is 0.361. The van der Waals surface area contributed by atoms with E-state index in [2.05, 4.69) is 22.5 Å². The van der Waals surface area contributed by atoms with Gasteiger partial charge in [-0.15, -0.1) is 0 Å². The normalized spacial score (nSPS) is 18.9. The molecule has 4 N–H and O–H groups in total. The number of nitrogens with one attached hydrogen (secondary N) is 2. The maximum absolute atomic E-state index is 5.52. The van der Waals surface area contributed by atoms with E-state index in [1.165, 1.54) is 0 Å². The number of nitrogens with two attached hydrogens (primary N) is 1. The molecule has 0 saturated heterocycles. The highest BCUT2D eigenvalue weighted by Gasteiger charge is 2.08. The van der Waals surface area contributed by atoms with Crippen LogP contribution in [0.5, 0.6) is 0 Å². The first-order valence-corrected chi connectivity index (χ1v) is 4.11. The lowest BCUT2D eigenvalue weighted by Gasteiger charge is -2.15. The molecule has 64 valence electrons. The summed E-state index contributed by atoms with van der Waals surface area (Å²) in [5, 5.41) is 6.37. The second-order valence-corrected chi connectivity index (χ2v) is 2.64. The lowest BCUT2D eigenvalue weighted by molar-refractivity contribution is 0.591. The molecule has 0 saturated carbocycles. The number of hydrogen-bond donors (Lipinski definition) is 3. The molecule has 1 heterocycles. The number of guanidine groups is 1. The van der Waals surface area contributed by atoms with E-state index in [0.29, 0.717) is 12.6 Å². The average molecular weight is 156 g/mol. The summed E-state index contributed by atoms with van der Waals surface area (Å²) < 4.78 is 0. The van der Waals surface area contributed by atoms with Crippen LogP contribution in [0, 0.1) is 0 Å². The van der Waals surface area contributed by atoms with Crippen molar-refractivity contribution in [2.24, 2.45) is 10.7 Å². The maximum atomic E-state index is 5.52. The fourth-order valence-corrected chi connectivity index (χ4v) is 1.02. The molecule has 0 radical (unpaired) electrons. The van der Waals surface area contributed by atoms with Crippen molar-refractivity contribution in [3.63, 3.8) is 0 Å². The van der Waals surface area contributed by atoms with Crippen molar-refractivity contribution in [1.82, 2.24) is 10.6 Å². The third kappa shape index (κ3) is 2.38. The minimum atomic E-state index is 0.361. The third-order valence-electron chi connectivity index (χ3n) is 1.79. The first-order chi connectivity index (χ1) is 5.36. The van der Waals surface area contributed by atoms with Crippen LogP contribution in [0.4, 0.5) is 0 Å². The molecular formula is C7H16N4. The first-order valence-electron chi connectivity index (χ1n) is 4.11. The van der Waals surface area contributed by atoms with Gasteiger partial charge < -0.3 is 16.4 Å². The molecule has 0 spiro atoms. The van der Waals surface area contributed by atoms with Crippen molar-refractivity contribution in [3.05, 3.63) is 0 Å². The summed E-state index contributed by atoms with van der Waals surface area (Å²) in [5.41, 5.74) is 5.52. The van der Waals surface area contributed by atoms with E-state index in [4.69, 9.17) is 5.73 Å². The van der Waals surface area contributed by atoms with Gasteiger partial charge in [0.2, 0.25) is 0 Å². The average Bonchev–Trinajstić information content (AvgIpc) is 2.52. The monoisotopic (exact) mass is 156 g/mol. The van der Waals surface area contributed by atoms with Gasteiger partial charge in [0.25, 0.3) is 0 Å². The van der Waals surface area contributed by atoms with Crippen molar-refractivity contribution < 1.29 is 0 Å². The fraction of sp³-hybridized carbons (Fsp3) is 0.857. The van der Waals surface area contributed by atoms with Gasteiger partial charge >= 0.3 is 0 Å². The van der Waals surface area contributed by atoms with Gasteiger partial charge in [0.05, 0.1) is 6.54 Å². The van der Waals surface area contributed by atoms with E-state index >= 15 is 0 Å². The molecule has 1 aliphatic heterocycles. The third-order valence-corrected chi connectivity index (χ3v) is 1.79. The predicted octanol–water partition coefficient (Wildman–Crippen LogP) is -0.727. The molecule has 11 heavy (non-hydrogen) atoms. The zero-order chi connectivity index (χ0) is 8.10. The fourth-order valence-electron chi connectivity index (χ4n) is 1.02. The highest BCUT2D eigenvalue weighted by Crippen LogP contribution is 1.89. The smallest absolute Gasteiger partial charge is 0.191 e. The van der Waals surface area contributed by atoms with Crippen molar-refractivity contribution >= 4 is 5.96 Å². The first kappa shape index (κ1) is 8.33. The molecule has 0 amide bonds. The molecule has 1 unspecified atom stereocenters. The molecule has 0 fully saturated rings. The van der Waals surface area contributed by atoms with Crippen LogP contribution in [0.3, 0.4) is 0 Å². The van der Waals surface area contributed by atoms with Crippen molar-refractivity contribution in [3.8, 4) is 0 Å². The number of hydrogen-bond acceptors (Lipinski definition) is 4. The topological polar surface area (TPSA) is 62.4 Å². The molecule has 4 heteroatoms. The van der Waals surface area contributed by atoms with Crippen molar-refractivity contribution in [2.45, 2.75) is 19.4 Å². The van der Waals surface area contributed by atoms with E-state index in [-0.39, 0.29) is 0 Å². The van der Waals surface area contributed by atoms with Crippen molar-refractivity contribution in [2.75, 3.05) is 19.6 Å². The molecule has 4 nitrogen and oxygen atoms in total. The standard InChI is InChI=1S/C7H16N4/c1-2-6(5-8)11-7-9-3-4-10-7/h6H,2-5,8H2,1H3,(H2,9,10,11). The van der Waals surface area contributed by atoms with Gasteiger partial charge in [-0.1, -0.05) is 6.92 Å². The van der Waals surface area contributed by atoms with Crippen LogP contribution in [0.25, 0.3) is 0 Å². The Morgan fingerprint density at radius 2 is 2.64 bits per heavy atom. The van der Waals surface area contributed by atoms with Crippen molar-refractivity contribution in [1.29, 1.82) is 0 Å². The van der Waals surface area contributed by atoms with Crippen LogP contribution in [-0.2, 0) is 0 Å². The molecule has 1 rings (SSSR count).